The van der Waals surface area contributed by atoms with Gasteiger partial charge in [0.1, 0.15) is 17.5 Å². The molecule has 0 fully saturated rings. The highest BCUT2D eigenvalue weighted by Crippen LogP contribution is 2.29. The van der Waals surface area contributed by atoms with E-state index in [1.807, 2.05) is 31.2 Å². The van der Waals surface area contributed by atoms with E-state index in [4.69, 9.17) is 14.2 Å². The van der Waals surface area contributed by atoms with Crippen LogP contribution in [-0.2, 0) is 24.3 Å². The van der Waals surface area contributed by atoms with Crippen LogP contribution >= 0.6 is 0 Å². The summed E-state index contributed by atoms with van der Waals surface area (Å²) in [5.74, 6) is -0.00320. The molecular weight excluding hydrogens is 472 g/mol. The van der Waals surface area contributed by atoms with Gasteiger partial charge in [-0.05, 0) is 62.4 Å². The number of carbonyl (C=O) groups excluding carboxylic acids is 2. The number of hydrogen-bond acceptors (Lipinski definition) is 7. The summed E-state index contributed by atoms with van der Waals surface area (Å²) < 4.78 is 43.0. The van der Waals surface area contributed by atoms with Crippen molar-refractivity contribution in [1.82, 2.24) is 4.72 Å². The maximum Gasteiger partial charge on any atom is 0.324 e. The Kier molecular flexibility index (Phi) is 8.45. The second kappa shape index (κ2) is 11.5. The van der Waals surface area contributed by atoms with Crippen molar-refractivity contribution in [1.29, 1.82) is 0 Å². The molecular formula is C25H26N2O7S. The molecule has 0 aliphatic carbocycles. The molecule has 0 bridgehead atoms. The van der Waals surface area contributed by atoms with E-state index in [0.717, 1.165) is 5.56 Å². The van der Waals surface area contributed by atoms with E-state index in [1.54, 1.807) is 24.3 Å². The zero-order valence-corrected chi connectivity index (χ0v) is 20.3. The van der Waals surface area contributed by atoms with Gasteiger partial charge < -0.3 is 19.5 Å². The predicted molar refractivity (Wildman–Crippen MR) is 130 cm³/mol. The third kappa shape index (κ3) is 7.29. The summed E-state index contributed by atoms with van der Waals surface area (Å²) in [5, 5.41) is 2.63. The number of benzene rings is 3. The standard InChI is InChI=1S/C25H26N2O7S/c1-17-8-10-20(11-9-17)34-23-7-5-4-6-22(23)26-24(28)16-33-25(29)18(2)27-35(30,31)21-14-12-19(32-3)13-15-21/h4-15,18,27H,16H2,1-3H3,(H,26,28)/t18-/m0/s1. The molecule has 0 aromatic heterocycles. The Balaban J connectivity index is 1.54. The number of hydrogen-bond donors (Lipinski definition) is 2. The normalized spacial score (nSPS) is 11.9. The van der Waals surface area contributed by atoms with E-state index in [1.165, 1.54) is 38.3 Å². The lowest BCUT2D eigenvalue weighted by Crippen LogP contribution is -2.40. The van der Waals surface area contributed by atoms with E-state index in [9.17, 15) is 18.0 Å². The molecule has 1 amide bonds. The number of esters is 1. The summed E-state index contributed by atoms with van der Waals surface area (Å²) >= 11 is 0. The first-order chi connectivity index (χ1) is 16.7. The third-order valence-corrected chi connectivity index (χ3v) is 6.37. The first-order valence-electron chi connectivity index (χ1n) is 10.6. The van der Waals surface area contributed by atoms with Crippen LogP contribution in [0.1, 0.15) is 12.5 Å². The molecule has 3 aromatic rings. The van der Waals surface area contributed by atoms with Crippen molar-refractivity contribution in [2.75, 3.05) is 19.0 Å². The monoisotopic (exact) mass is 498 g/mol. The molecule has 0 aliphatic heterocycles. The van der Waals surface area contributed by atoms with Crippen molar-refractivity contribution in [3.63, 3.8) is 0 Å². The number of methoxy groups -OCH3 is 1. The molecule has 0 unspecified atom stereocenters. The van der Waals surface area contributed by atoms with Gasteiger partial charge in [-0.2, -0.15) is 4.72 Å². The molecule has 0 saturated carbocycles. The highest BCUT2D eigenvalue weighted by atomic mass is 32.2. The van der Waals surface area contributed by atoms with Gasteiger partial charge in [-0.15, -0.1) is 0 Å². The van der Waals surface area contributed by atoms with Crippen LogP contribution in [0.25, 0.3) is 0 Å². The molecule has 35 heavy (non-hydrogen) atoms. The average Bonchev–Trinajstić information content (AvgIpc) is 2.85. The average molecular weight is 499 g/mol. The molecule has 3 aromatic carbocycles. The molecule has 10 heteroatoms. The molecule has 0 spiro atoms. The van der Waals surface area contributed by atoms with Crippen LogP contribution in [0.3, 0.4) is 0 Å². The fourth-order valence-electron chi connectivity index (χ4n) is 2.94. The molecule has 3 rings (SSSR count). The topological polar surface area (TPSA) is 120 Å². The number of nitrogens with one attached hydrogen (secondary N) is 2. The van der Waals surface area contributed by atoms with Gasteiger partial charge in [0.05, 0.1) is 17.7 Å². The smallest absolute Gasteiger partial charge is 0.324 e. The Labute approximate surface area is 204 Å². The number of anilines is 1. The summed E-state index contributed by atoms with van der Waals surface area (Å²) in [4.78, 5) is 24.6. The van der Waals surface area contributed by atoms with Crippen molar-refractivity contribution in [2.24, 2.45) is 0 Å². The molecule has 0 aliphatic rings. The number of carbonyl (C=O) groups is 2. The van der Waals surface area contributed by atoms with Gasteiger partial charge in [0, 0.05) is 0 Å². The fraction of sp³-hybridized carbons (Fsp3) is 0.200. The Morgan fingerprint density at radius 1 is 0.914 bits per heavy atom. The zero-order chi connectivity index (χ0) is 25.4. The minimum Gasteiger partial charge on any atom is -0.497 e. The van der Waals surface area contributed by atoms with E-state index < -0.39 is 34.5 Å². The van der Waals surface area contributed by atoms with Gasteiger partial charge in [0.15, 0.2) is 12.4 Å². The van der Waals surface area contributed by atoms with E-state index in [0.29, 0.717) is 22.9 Å². The quantitative estimate of drug-likeness (QED) is 0.410. The maximum absolute atomic E-state index is 12.5. The van der Waals surface area contributed by atoms with E-state index >= 15 is 0 Å². The minimum atomic E-state index is -3.98. The summed E-state index contributed by atoms with van der Waals surface area (Å²) in [5.41, 5.74) is 1.48. The van der Waals surface area contributed by atoms with Gasteiger partial charge in [-0.1, -0.05) is 29.8 Å². The Morgan fingerprint density at radius 2 is 1.54 bits per heavy atom. The van der Waals surface area contributed by atoms with Crippen molar-refractivity contribution in [3.8, 4) is 17.2 Å². The second-order valence-electron chi connectivity index (χ2n) is 7.59. The van der Waals surface area contributed by atoms with E-state index in [-0.39, 0.29) is 4.90 Å². The van der Waals surface area contributed by atoms with Gasteiger partial charge in [0.25, 0.3) is 5.91 Å². The number of rotatable bonds is 10. The minimum absolute atomic E-state index is 0.0409. The molecule has 2 N–H and O–H groups in total. The summed E-state index contributed by atoms with van der Waals surface area (Å²) in [6.07, 6.45) is 0. The maximum atomic E-state index is 12.5. The Morgan fingerprint density at radius 3 is 2.20 bits per heavy atom. The number of ether oxygens (including phenoxy) is 3. The van der Waals surface area contributed by atoms with Gasteiger partial charge in [-0.3, -0.25) is 9.59 Å². The largest absolute Gasteiger partial charge is 0.497 e. The van der Waals surface area contributed by atoms with Crippen molar-refractivity contribution in [3.05, 3.63) is 78.4 Å². The van der Waals surface area contributed by atoms with Gasteiger partial charge in [-0.25, -0.2) is 8.42 Å². The van der Waals surface area contributed by atoms with Crippen molar-refractivity contribution in [2.45, 2.75) is 24.8 Å². The SMILES string of the molecule is COc1ccc(S(=O)(=O)N[C@@H](C)C(=O)OCC(=O)Nc2ccccc2Oc2ccc(C)cc2)cc1. The lowest BCUT2D eigenvalue weighted by molar-refractivity contribution is -0.148. The fourth-order valence-corrected chi connectivity index (χ4v) is 4.14. The molecule has 184 valence electrons. The summed E-state index contributed by atoms with van der Waals surface area (Å²) in [6, 6.07) is 18.7. The number of para-hydroxylation sites is 2. The second-order valence-corrected chi connectivity index (χ2v) is 9.30. The number of aryl methyl sites for hydroxylation is 1. The first-order valence-corrected chi connectivity index (χ1v) is 12.1. The summed E-state index contributed by atoms with van der Waals surface area (Å²) in [6.45, 7) is 2.68. The molecule has 0 heterocycles. The Bertz CT molecular complexity index is 1270. The highest BCUT2D eigenvalue weighted by molar-refractivity contribution is 7.89. The van der Waals surface area contributed by atoms with Crippen LogP contribution in [0.4, 0.5) is 5.69 Å². The van der Waals surface area contributed by atoms with Crippen molar-refractivity contribution < 1.29 is 32.2 Å². The predicted octanol–water partition coefficient (Wildman–Crippen LogP) is 3.64. The first kappa shape index (κ1) is 25.7. The van der Waals surface area contributed by atoms with Gasteiger partial charge >= 0.3 is 5.97 Å². The summed E-state index contributed by atoms with van der Waals surface area (Å²) in [7, 11) is -2.51. The Hall–Kier alpha value is -3.89. The van der Waals surface area contributed by atoms with Gasteiger partial charge in [0.2, 0.25) is 10.0 Å². The van der Waals surface area contributed by atoms with Crippen LogP contribution in [0.5, 0.6) is 17.2 Å². The third-order valence-electron chi connectivity index (χ3n) is 4.81. The van der Waals surface area contributed by atoms with Crippen LogP contribution in [0.2, 0.25) is 0 Å². The molecule has 1 atom stereocenters. The number of sulfonamides is 1. The highest BCUT2D eigenvalue weighted by Gasteiger charge is 2.24. The number of amides is 1. The van der Waals surface area contributed by atoms with Crippen LogP contribution in [-0.4, -0.2) is 40.1 Å². The zero-order valence-electron chi connectivity index (χ0n) is 19.5. The molecule has 9 nitrogen and oxygen atoms in total. The van der Waals surface area contributed by atoms with Crippen molar-refractivity contribution >= 4 is 27.6 Å². The van der Waals surface area contributed by atoms with Crippen LogP contribution in [0, 0.1) is 6.92 Å². The molecule has 0 radical (unpaired) electrons. The molecule has 0 saturated heterocycles. The van der Waals surface area contributed by atoms with E-state index in [2.05, 4.69) is 10.0 Å². The lowest BCUT2D eigenvalue weighted by Gasteiger charge is -2.15. The van der Waals surface area contributed by atoms with Crippen LogP contribution in [0.15, 0.2) is 77.7 Å². The van der Waals surface area contributed by atoms with Crippen LogP contribution < -0.4 is 19.5 Å². The lowest BCUT2D eigenvalue weighted by atomic mass is 10.2.